The highest BCUT2D eigenvalue weighted by molar-refractivity contribution is 6.30. The van der Waals surface area contributed by atoms with E-state index in [9.17, 15) is 4.79 Å². The van der Waals surface area contributed by atoms with Gasteiger partial charge in [0.05, 0.1) is 20.3 Å². The molecule has 4 rings (SSSR count). The molecular weight excluding hydrogens is 459 g/mol. The maximum Gasteiger partial charge on any atom is 0.226 e. The molecule has 1 saturated heterocycles. The Bertz CT molecular complexity index is 1140. The van der Waals surface area contributed by atoms with Crippen LogP contribution in [0.2, 0.25) is 10.0 Å². The summed E-state index contributed by atoms with van der Waals surface area (Å²) in [6.45, 7) is 2.36. The molecule has 2 aromatic carbocycles. The highest BCUT2D eigenvalue weighted by Crippen LogP contribution is 2.46. The first-order chi connectivity index (χ1) is 15.9. The lowest BCUT2D eigenvalue weighted by molar-refractivity contribution is -0.143. The molecule has 7 heteroatoms. The van der Waals surface area contributed by atoms with Crippen LogP contribution < -0.4 is 9.47 Å². The normalized spacial score (nSPS) is 20.6. The summed E-state index contributed by atoms with van der Waals surface area (Å²) in [5.74, 6) is 1.27. The van der Waals surface area contributed by atoms with E-state index in [1.54, 1.807) is 26.5 Å². The predicted molar refractivity (Wildman–Crippen MR) is 130 cm³/mol. The summed E-state index contributed by atoms with van der Waals surface area (Å²) in [4.78, 5) is 20.1. The van der Waals surface area contributed by atoms with Crippen LogP contribution in [0.5, 0.6) is 11.5 Å². The van der Waals surface area contributed by atoms with Gasteiger partial charge >= 0.3 is 0 Å². The third-order valence-electron chi connectivity index (χ3n) is 6.20. The fraction of sp³-hybridized carbons (Fsp3) is 0.308. The number of piperidine rings is 1. The fourth-order valence-corrected chi connectivity index (χ4v) is 4.86. The fourth-order valence-electron chi connectivity index (χ4n) is 4.57. The first kappa shape index (κ1) is 23.4. The molecule has 2 heterocycles. The third-order valence-corrected chi connectivity index (χ3v) is 6.69. The molecule has 3 atom stereocenters. The first-order valence-electron chi connectivity index (χ1n) is 10.8. The molecule has 0 spiro atoms. The first-order valence-corrected chi connectivity index (χ1v) is 11.5. The average Bonchev–Trinajstić information content (AvgIpc) is 2.82. The molecule has 0 aliphatic carbocycles. The summed E-state index contributed by atoms with van der Waals surface area (Å²) in [7, 11) is 3.23. The Hall–Kier alpha value is -2.76. The van der Waals surface area contributed by atoms with E-state index in [-0.39, 0.29) is 23.8 Å². The van der Waals surface area contributed by atoms with E-state index in [1.165, 1.54) is 0 Å². The molecule has 0 bridgehead atoms. The quantitative estimate of drug-likeness (QED) is 0.411. The number of carbonyl (C=O) groups excluding carboxylic acids is 1. The zero-order chi connectivity index (χ0) is 23.5. The predicted octanol–water partition coefficient (Wildman–Crippen LogP) is 6.30. The Kier molecular flexibility index (Phi) is 7.11. The maximum absolute atomic E-state index is 13.5. The van der Waals surface area contributed by atoms with Gasteiger partial charge in [0.1, 0.15) is 11.5 Å². The van der Waals surface area contributed by atoms with E-state index in [0.29, 0.717) is 34.5 Å². The average molecular weight is 485 g/mol. The minimum atomic E-state index is -0.233. The number of aromatic nitrogens is 1. The van der Waals surface area contributed by atoms with Gasteiger partial charge in [-0.3, -0.25) is 9.78 Å². The van der Waals surface area contributed by atoms with E-state index in [0.717, 1.165) is 16.8 Å². The second kappa shape index (κ2) is 10.0. The summed E-state index contributed by atoms with van der Waals surface area (Å²) in [6, 6.07) is 16.7. The van der Waals surface area contributed by atoms with Crippen LogP contribution in [0.25, 0.3) is 0 Å². The van der Waals surface area contributed by atoms with Crippen LogP contribution in [-0.2, 0) is 11.3 Å². The van der Waals surface area contributed by atoms with Crippen molar-refractivity contribution >= 4 is 29.1 Å². The van der Waals surface area contributed by atoms with Crippen LogP contribution in [0.1, 0.15) is 42.1 Å². The number of methoxy groups -OCH3 is 2. The van der Waals surface area contributed by atoms with E-state index >= 15 is 0 Å². The Balaban J connectivity index is 1.81. The topological polar surface area (TPSA) is 51.7 Å². The molecule has 0 saturated carbocycles. The second-order valence-electron chi connectivity index (χ2n) is 8.28. The summed E-state index contributed by atoms with van der Waals surface area (Å²) in [5, 5.41) is 1.28. The van der Waals surface area contributed by atoms with Crippen molar-refractivity contribution < 1.29 is 14.3 Å². The van der Waals surface area contributed by atoms with Crippen molar-refractivity contribution in [2.75, 3.05) is 14.2 Å². The van der Waals surface area contributed by atoms with Gasteiger partial charge in [0, 0.05) is 51.9 Å². The highest BCUT2D eigenvalue weighted by atomic mass is 35.5. The molecule has 1 aliphatic rings. The zero-order valence-corrected chi connectivity index (χ0v) is 20.3. The van der Waals surface area contributed by atoms with Crippen LogP contribution in [0, 0.1) is 5.92 Å². The van der Waals surface area contributed by atoms with Crippen LogP contribution in [-0.4, -0.2) is 30.0 Å². The van der Waals surface area contributed by atoms with E-state index in [4.69, 9.17) is 32.7 Å². The van der Waals surface area contributed by atoms with E-state index in [1.807, 2.05) is 60.4 Å². The number of halogens is 2. The minimum Gasteiger partial charge on any atom is -0.497 e. The van der Waals surface area contributed by atoms with Crippen molar-refractivity contribution in [3.05, 3.63) is 87.7 Å². The molecule has 172 valence electrons. The molecule has 1 amide bonds. The number of hydrogen-bond acceptors (Lipinski definition) is 4. The molecule has 33 heavy (non-hydrogen) atoms. The van der Waals surface area contributed by atoms with Gasteiger partial charge in [-0.1, -0.05) is 42.3 Å². The third kappa shape index (κ3) is 4.94. The van der Waals surface area contributed by atoms with Gasteiger partial charge in [0.15, 0.2) is 0 Å². The Morgan fingerprint density at radius 3 is 2.42 bits per heavy atom. The van der Waals surface area contributed by atoms with Crippen molar-refractivity contribution in [2.45, 2.75) is 31.8 Å². The number of ether oxygens (including phenoxy) is 2. The molecule has 1 aliphatic heterocycles. The number of rotatable bonds is 6. The lowest BCUT2D eigenvalue weighted by atomic mass is 9.78. The highest BCUT2D eigenvalue weighted by Gasteiger charge is 2.42. The molecule has 3 aromatic rings. The standard InChI is InChI=1S/C26H26Cl2N2O3/c1-16-12-22(23-13-20(28)10-11-29-23)25(17-4-7-19(27)8-5-17)30(26(16)31)15-18-6-9-21(32-2)14-24(18)33-3/h4-11,13-14,16,22,25H,12,15H2,1-3H3/t16?,22-,25-/m1/s1. The molecular formula is C26H26Cl2N2O3. The number of pyridine rings is 1. The largest absolute Gasteiger partial charge is 0.497 e. The van der Waals surface area contributed by atoms with Crippen molar-refractivity contribution in [1.82, 2.24) is 9.88 Å². The number of hydrogen-bond donors (Lipinski definition) is 0. The molecule has 1 aromatic heterocycles. The number of nitrogens with zero attached hydrogens (tertiary/aromatic N) is 2. The zero-order valence-electron chi connectivity index (χ0n) is 18.8. The van der Waals surface area contributed by atoms with E-state index < -0.39 is 0 Å². The smallest absolute Gasteiger partial charge is 0.226 e. The summed E-state index contributed by atoms with van der Waals surface area (Å²) < 4.78 is 10.9. The van der Waals surface area contributed by atoms with Gasteiger partial charge in [-0.15, -0.1) is 0 Å². The number of carbonyl (C=O) groups is 1. The van der Waals surface area contributed by atoms with Crippen molar-refractivity contribution in [1.29, 1.82) is 0 Å². The minimum absolute atomic E-state index is 0.0261. The molecule has 1 fully saturated rings. The van der Waals surface area contributed by atoms with Gasteiger partial charge in [-0.25, -0.2) is 0 Å². The van der Waals surface area contributed by atoms with Gasteiger partial charge in [-0.2, -0.15) is 0 Å². The van der Waals surface area contributed by atoms with E-state index in [2.05, 4.69) is 4.98 Å². The van der Waals surface area contributed by atoms with Crippen molar-refractivity contribution in [3.63, 3.8) is 0 Å². The molecule has 0 radical (unpaired) electrons. The van der Waals surface area contributed by atoms with Gasteiger partial charge in [-0.05, 0) is 48.4 Å². The van der Waals surface area contributed by atoms with Crippen molar-refractivity contribution in [2.24, 2.45) is 5.92 Å². The van der Waals surface area contributed by atoms with Crippen LogP contribution in [0.15, 0.2) is 60.8 Å². The van der Waals surface area contributed by atoms with Gasteiger partial charge in [0.25, 0.3) is 0 Å². The molecule has 0 N–H and O–H groups in total. The lowest BCUT2D eigenvalue weighted by Gasteiger charge is -2.44. The van der Waals surface area contributed by atoms with Gasteiger partial charge < -0.3 is 14.4 Å². The Morgan fingerprint density at radius 1 is 1.00 bits per heavy atom. The maximum atomic E-state index is 13.5. The van der Waals surface area contributed by atoms with Gasteiger partial charge in [0.2, 0.25) is 5.91 Å². The summed E-state index contributed by atoms with van der Waals surface area (Å²) in [5.41, 5.74) is 2.77. The van der Waals surface area contributed by atoms with Crippen LogP contribution >= 0.6 is 23.2 Å². The SMILES string of the molecule is COc1ccc(CN2C(=O)C(C)C[C@H](c3cc(Cl)ccn3)[C@H]2c2ccc(Cl)cc2)c(OC)c1. The molecule has 1 unspecified atom stereocenters. The number of benzene rings is 2. The van der Waals surface area contributed by atoms with Crippen molar-refractivity contribution in [3.8, 4) is 11.5 Å². The monoisotopic (exact) mass is 484 g/mol. The number of likely N-dealkylation sites (tertiary alicyclic amines) is 1. The summed E-state index contributed by atoms with van der Waals surface area (Å²) >= 11 is 12.5. The Morgan fingerprint density at radius 2 is 1.76 bits per heavy atom. The Labute approximate surface area is 204 Å². The number of amides is 1. The summed E-state index contributed by atoms with van der Waals surface area (Å²) in [6.07, 6.45) is 2.39. The second-order valence-corrected chi connectivity index (χ2v) is 9.16. The van der Waals surface area contributed by atoms with Crippen LogP contribution in [0.4, 0.5) is 0 Å². The molecule has 5 nitrogen and oxygen atoms in total. The lowest BCUT2D eigenvalue weighted by Crippen LogP contribution is -2.45. The van der Waals surface area contributed by atoms with Crippen LogP contribution in [0.3, 0.4) is 0 Å².